The summed E-state index contributed by atoms with van der Waals surface area (Å²) in [4.78, 5) is 23.4. The fraction of sp³-hybridized carbons (Fsp3) is 0.292. The van der Waals surface area contributed by atoms with E-state index in [2.05, 4.69) is 25.5 Å². The van der Waals surface area contributed by atoms with Gasteiger partial charge in [-0.25, -0.2) is 14.4 Å². The van der Waals surface area contributed by atoms with Crippen LogP contribution in [0.2, 0.25) is 5.02 Å². The second-order valence-corrected chi connectivity index (χ2v) is 8.48. The number of nitrogens with one attached hydrogen (secondary N) is 2. The number of likely N-dealkylation sites (tertiary alicyclic amines) is 1. The van der Waals surface area contributed by atoms with Crippen LogP contribution in [0.15, 0.2) is 48.8 Å². The lowest BCUT2D eigenvalue weighted by atomic mass is 10.1. The molecule has 4 N–H and O–H groups in total. The highest BCUT2D eigenvalue weighted by Gasteiger charge is 2.15. The first-order valence-electron chi connectivity index (χ1n) is 10.9. The van der Waals surface area contributed by atoms with E-state index in [9.17, 15) is 9.18 Å². The third-order valence-electron chi connectivity index (χ3n) is 5.66. The maximum atomic E-state index is 13.5. The van der Waals surface area contributed by atoms with E-state index in [-0.39, 0.29) is 17.0 Å². The first-order chi connectivity index (χ1) is 16.4. The van der Waals surface area contributed by atoms with Gasteiger partial charge in [-0.1, -0.05) is 17.7 Å². The van der Waals surface area contributed by atoms with Gasteiger partial charge in [0, 0.05) is 35.8 Å². The molecule has 0 saturated carbocycles. The summed E-state index contributed by atoms with van der Waals surface area (Å²) in [5.41, 5.74) is 7.59. The molecule has 0 bridgehead atoms. The molecule has 0 unspecified atom stereocenters. The van der Waals surface area contributed by atoms with Crippen molar-refractivity contribution in [2.45, 2.75) is 18.9 Å². The van der Waals surface area contributed by atoms with E-state index < -0.39 is 5.82 Å². The van der Waals surface area contributed by atoms with Crippen LogP contribution in [0.25, 0.3) is 10.9 Å². The zero-order valence-electron chi connectivity index (χ0n) is 18.7. The maximum Gasteiger partial charge on any atom is 0.248 e. The number of fused-ring (bicyclic) bond motifs is 1. The molecule has 10 heteroatoms. The van der Waals surface area contributed by atoms with Crippen LogP contribution in [0.4, 0.5) is 21.6 Å². The topological polar surface area (TPSA) is 105 Å². The average Bonchev–Trinajstić information content (AvgIpc) is 2.82. The van der Waals surface area contributed by atoms with Crippen LogP contribution < -0.4 is 21.1 Å². The van der Waals surface area contributed by atoms with Crippen molar-refractivity contribution in [3.05, 3.63) is 59.7 Å². The molecule has 0 spiro atoms. The Morgan fingerprint density at radius 2 is 2.09 bits per heavy atom. The van der Waals surface area contributed by atoms with Crippen molar-refractivity contribution in [2.24, 2.45) is 5.73 Å². The molecule has 0 radical (unpaired) electrons. The van der Waals surface area contributed by atoms with Crippen LogP contribution in [0.3, 0.4) is 0 Å². The Morgan fingerprint density at radius 1 is 1.29 bits per heavy atom. The average molecular weight is 485 g/mol. The molecule has 4 rings (SSSR count). The number of nitrogens with zero attached hydrogens (tertiary/aromatic N) is 3. The minimum absolute atomic E-state index is 0.00262. The Hall–Kier alpha value is -3.27. The Morgan fingerprint density at radius 3 is 2.82 bits per heavy atom. The molecule has 0 atom stereocenters. The van der Waals surface area contributed by atoms with Gasteiger partial charge in [-0.05, 0) is 50.2 Å². The van der Waals surface area contributed by atoms with Crippen molar-refractivity contribution in [1.82, 2.24) is 14.9 Å². The number of methoxy groups -OCH3 is 1. The molecule has 2 aromatic carbocycles. The maximum absolute atomic E-state index is 13.5. The number of rotatable bonds is 7. The Kier molecular flexibility index (Phi) is 7.56. The van der Waals surface area contributed by atoms with E-state index in [1.54, 1.807) is 18.2 Å². The molecule has 178 valence electrons. The fourth-order valence-corrected chi connectivity index (χ4v) is 3.96. The molecule has 1 aliphatic heterocycles. The summed E-state index contributed by atoms with van der Waals surface area (Å²) in [7, 11) is 1.52. The highest BCUT2D eigenvalue weighted by Crippen LogP contribution is 2.33. The Bertz CT molecular complexity index is 1210. The number of nitrogens with two attached hydrogens (primary N) is 1. The van der Waals surface area contributed by atoms with Crippen molar-refractivity contribution in [3.63, 3.8) is 0 Å². The number of amides is 1. The number of benzene rings is 2. The summed E-state index contributed by atoms with van der Waals surface area (Å²) in [5.74, 6) is 0.160. The SMILES string of the molecule is COc1cc2ncnc(Nc3ccc(F)c(Cl)c3)c2cc1NC(=O)/C=C/CN1CCC(N)CC1. The van der Waals surface area contributed by atoms with E-state index in [0.717, 1.165) is 25.9 Å². The lowest BCUT2D eigenvalue weighted by molar-refractivity contribution is -0.111. The van der Waals surface area contributed by atoms with E-state index >= 15 is 0 Å². The molecule has 1 amide bonds. The molecule has 8 nitrogen and oxygen atoms in total. The van der Waals surface area contributed by atoms with Crippen LogP contribution in [0, 0.1) is 5.82 Å². The molecular weight excluding hydrogens is 459 g/mol. The van der Waals surface area contributed by atoms with Crippen LogP contribution in [-0.4, -0.2) is 53.6 Å². The third kappa shape index (κ3) is 5.80. The van der Waals surface area contributed by atoms with Crippen molar-refractivity contribution in [3.8, 4) is 5.75 Å². The third-order valence-corrected chi connectivity index (χ3v) is 5.95. The summed E-state index contributed by atoms with van der Waals surface area (Å²) in [6.45, 7) is 2.55. The number of ether oxygens (including phenoxy) is 1. The molecular formula is C24H26ClFN6O2. The van der Waals surface area contributed by atoms with Gasteiger partial charge in [0.25, 0.3) is 0 Å². The molecule has 1 aromatic heterocycles. The minimum atomic E-state index is -0.508. The quantitative estimate of drug-likeness (QED) is 0.434. The predicted octanol–water partition coefficient (Wildman–Crippen LogP) is 4.09. The van der Waals surface area contributed by atoms with Crippen molar-refractivity contribution < 1.29 is 13.9 Å². The molecule has 3 aromatic rings. The Balaban J connectivity index is 1.52. The van der Waals surface area contributed by atoms with Crippen LogP contribution in [0.5, 0.6) is 5.75 Å². The fourth-order valence-electron chi connectivity index (χ4n) is 3.78. The zero-order valence-corrected chi connectivity index (χ0v) is 19.5. The van der Waals surface area contributed by atoms with Gasteiger partial charge in [0.15, 0.2) is 0 Å². The van der Waals surface area contributed by atoms with Crippen molar-refractivity contribution >= 4 is 45.6 Å². The zero-order chi connectivity index (χ0) is 24.1. The number of carbonyl (C=O) groups is 1. The van der Waals surface area contributed by atoms with E-state index in [1.807, 2.05) is 6.08 Å². The highest BCUT2D eigenvalue weighted by atomic mass is 35.5. The number of hydrogen-bond donors (Lipinski definition) is 3. The van der Waals surface area contributed by atoms with Gasteiger partial charge >= 0.3 is 0 Å². The van der Waals surface area contributed by atoms with E-state index in [0.29, 0.717) is 40.4 Å². The number of aromatic nitrogens is 2. The number of halogens is 2. The number of carbonyl (C=O) groups excluding carboxylic acids is 1. The summed E-state index contributed by atoms with van der Waals surface area (Å²) in [6, 6.07) is 8.02. The second-order valence-electron chi connectivity index (χ2n) is 8.08. The van der Waals surface area contributed by atoms with Crippen molar-refractivity contribution in [1.29, 1.82) is 0 Å². The normalized spacial score (nSPS) is 15.1. The minimum Gasteiger partial charge on any atom is -0.494 e. The first kappa shape index (κ1) is 23.9. The van der Waals surface area contributed by atoms with Gasteiger partial charge in [0.2, 0.25) is 5.91 Å². The van der Waals surface area contributed by atoms with Gasteiger partial charge in [-0.15, -0.1) is 0 Å². The lowest BCUT2D eigenvalue weighted by Gasteiger charge is -2.28. The lowest BCUT2D eigenvalue weighted by Crippen LogP contribution is -2.39. The molecule has 1 fully saturated rings. The smallest absolute Gasteiger partial charge is 0.248 e. The predicted molar refractivity (Wildman–Crippen MR) is 132 cm³/mol. The molecule has 0 aliphatic carbocycles. The number of anilines is 3. The molecule has 2 heterocycles. The van der Waals surface area contributed by atoms with Gasteiger partial charge in [0.1, 0.15) is 23.7 Å². The van der Waals surface area contributed by atoms with E-state index in [1.165, 1.54) is 31.6 Å². The van der Waals surface area contributed by atoms with Crippen LogP contribution in [-0.2, 0) is 4.79 Å². The van der Waals surface area contributed by atoms with Gasteiger partial charge in [0.05, 0.1) is 23.3 Å². The van der Waals surface area contributed by atoms with Crippen LogP contribution in [0.1, 0.15) is 12.8 Å². The number of hydrogen-bond acceptors (Lipinski definition) is 7. The summed E-state index contributed by atoms with van der Waals surface area (Å²) in [6.07, 6.45) is 6.70. The molecule has 1 saturated heterocycles. The molecule has 1 aliphatic rings. The highest BCUT2D eigenvalue weighted by molar-refractivity contribution is 6.31. The molecule has 34 heavy (non-hydrogen) atoms. The van der Waals surface area contributed by atoms with E-state index in [4.69, 9.17) is 22.1 Å². The summed E-state index contributed by atoms with van der Waals surface area (Å²) in [5, 5.41) is 6.63. The van der Waals surface area contributed by atoms with Gasteiger partial charge in [-0.3, -0.25) is 9.69 Å². The first-order valence-corrected chi connectivity index (χ1v) is 11.3. The summed E-state index contributed by atoms with van der Waals surface area (Å²) >= 11 is 5.89. The van der Waals surface area contributed by atoms with Gasteiger partial charge < -0.3 is 21.1 Å². The van der Waals surface area contributed by atoms with Gasteiger partial charge in [-0.2, -0.15) is 0 Å². The second kappa shape index (κ2) is 10.8. The largest absolute Gasteiger partial charge is 0.494 e. The summed E-state index contributed by atoms with van der Waals surface area (Å²) < 4.78 is 19.0. The van der Waals surface area contributed by atoms with Crippen molar-refractivity contribution in [2.75, 3.05) is 37.4 Å². The van der Waals surface area contributed by atoms with Crippen LogP contribution >= 0.6 is 11.6 Å². The standard InChI is InChI=1S/C24H26ClFN6O2/c1-34-22-13-20-17(24(29-14-28-20)30-16-4-5-19(26)18(25)11-16)12-21(22)31-23(33)3-2-8-32-9-6-15(27)7-10-32/h2-5,11-15H,6-10,27H2,1H3,(H,31,33)(H,28,29,30)/b3-2+. The Labute approximate surface area is 202 Å². The monoisotopic (exact) mass is 484 g/mol. The number of piperidine rings is 1.